The van der Waals surface area contributed by atoms with E-state index in [4.69, 9.17) is 0 Å². The predicted octanol–water partition coefficient (Wildman–Crippen LogP) is 3.31. The summed E-state index contributed by atoms with van der Waals surface area (Å²) in [6.45, 7) is 2.29. The summed E-state index contributed by atoms with van der Waals surface area (Å²) < 4.78 is 39.5. The Hall–Kier alpha value is -1.08. The number of hydrogen-bond donors (Lipinski definition) is 1. The summed E-state index contributed by atoms with van der Waals surface area (Å²) in [5.41, 5.74) is -1.30. The van der Waals surface area contributed by atoms with E-state index in [2.05, 4.69) is 15.9 Å². The standard InChI is InChI=1S/C14H15BrF3NO2/c1-8-7-19(5-4-12(8)20)13(21)10-3-2-9(15)6-11(10)14(16,17)18/h2-3,6,8,12,20H,4-5,7H2,1H3. The fourth-order valence-electron chi connectivity index (χ4n) is 2.43. The zero-order chi connectivity index (χ0) is 15.8. The molecule has 1 saturated heterocycles. The smallest absolute Gasteiger partial charge is 0.393 e. The van der Waals surface area contributed by atoms with Crippen LogP contribution in [-0.2, 0) is 6.18 Å². The third-order valence-electron chi connectivity index (χ3n) is 3.66. The van der Waals surface area contributed by atoms with Crippen LogP contribution in [0.25, 0.3) is 0 Å². The van der Waals surface area contributed by atoms with Crippen LogP contribution >= 0.6 is 15.9 Å². The summed E-state index contributed by atoms with van der Waals surface area (Å²) in [6.07, 6.45) is -4.72. The maximum absolute atomic E-state index is 13.1. The highest BCUT2D eigenvalue weighted by Gasteiger charge is 2.37. The van der Waals surface area contributed by atoms with Crippen molar-refractivity contribution in [3.63, 3.8) is 0 Å². The largest absolute Gasteiger partial charge is 0.417 e. The van der Waals surface area contributed by atoms with Gasteiger partial charge < -0.3 is 10.0 Å². The number of likely N-dealkylation sites (tertiary alicyclic amines) is 1. The van der Waals surface area contributed by atoms with E-state index >= 15 is 0 Å². The first kappa shape index (κ1) is 16.3. The number of benzene rings is 1. The van der Waals surface area contributed by atoms with Gasteiger partial charge in [0.25, 0.3) is 5.91 Å². The molecule has 2 rings (SSSR count). The minimum absolute atomic E-state index is 0.146. The SMILES string of the molecule is CC1CN(C(=O)c2ccc(Br)cc2C(F)(F)F)CCC1O. The van der Waals surface area contributed by atoms with Gasteiger partial charge in [0.15, 0.2) is 0 Å². The molecular formula is C14H15BrF3NO2. The number of rotatable bonds is 1. The van der Waals surface area contributed by atoms with Crippen LogP contribution in [0.15, 0.2) is 22.7 Å². The monoisotopic (exact) mass is 365 g/mol. The highest BCUT2D eigenvalue weighted by Crippen LogP contribution is 2.34. The van der Waals surface area contributed by atoms with Crippen molar-refractivity contribution >= 4 is 21.8 Å². The maximum Gasteiger partial charge on any atom is 0.417 e. The molecule has 1 aliphatic heterocycles. The van der Waals surface area contributed by atoms with E-state index in [9.17, 15) is 23.1 Å². The second-order valence-corrected chi connectivity index (χ2v) is 6.19. The maximum atomic E-state index is 13.1. The lowest BCUT2D eigenvalue weighted by Gasteiger charge is -2.34. The number of piperidine rings is 1. The molecule has 0 aliphatic carbocycles. The number of carbonyl (C=O) groups excluding carboxylic acids is 1. The van der Waals surface area contributed by atoms with Gasteiger partial charge in [-0.05, 0) is 30.5 Å². The molecule has 1 fully saturated rings. The van der Waals surface area contributed by atoms with Crippen molar-refractivity contribution in [3.8, 4) is 0 Å². The summed E-state index contributed by atoms with van der Waals surface area (Å²) in [7, 11) is 0. The molecule has 3 nitrogen and oxygen atoms in total. The van der Waals surface area contributed by atoms with Crippen LogP contribution in [0.3, 0.4) is 0 Å². The van der Waals surface area contributed by atoms with Gasteiger partial charge in [-0.2, -0.15) is 13.2 Å². The molecule has 0 saturated carbocycles. The fourth-order valence-corrected chi connectivity index (χ4v) is 2.79. The van der Waals surface area contributed by atoms with Gasteiger partial charge in [0.05, 0.1) is 17.2 Å². The van der Waals surface area contributed by atoms with Crippen molar-refractivity contribution < 1.29 is 23.1 Å². The molecule has 2 unspecified atom stereocenters. The first-order valence-corrected chi connectivity index (χ1v) is 7.33. The Morgan fingerprint density at radius 2 is 2.10 bits per heavy atom. The lowest BCUT2D eigenvalue weighted by molar-refractivity contribution is -0.138. The molecule has 2 atom stereocenters. The molecule has 21 heavy (non-hydrogen) atoms. The lowest BCUT2D eigenvalue weighted by Crippen LogP contribution is -2.45. The number of carbonyl (C=O) groups is 1. The van der Waals surface area contributed by atoms with Crippen molar-refractivity contribution in [3.05, 3.63) is 33.8 Å². The molecule has 1 heterocycles. The van der Waals surface area contributed by atoms with Gasteiger partial charge in [-0.3, -0.25) is 4.79 Å². The van der Waals surface area contributed by atoms with Gasteiger partial charge in [-0.1, -0.05) is 22.9 Å². The second-order valence-electron chi connectivity index (χ2n) is 5.27. The van der Waals surface area contributed by atoms with Crippen molar-refractivity contribution in [1.82, 2.24) is 4.90 Å². The lowest BCUT2D eigenvalue weighted by atomic mass is 9.95. The number of aliphatic hydroxyl groups is 1. The Bertz CT molecular complexity index is 548. The minimum Gasteiger partial charge on any atom is -0.393 e. The molecule has 116 valence electrons. The zero-order valence-electron chi connectivity index (χ0n) is 11.3. The highest BCUT2D eigenvalue weighted by atomic mass is 79.9. The number of halogens is 4. The molecule has 0 radical (unpaired) electrons. The zero-order valence-corrected chi connectivity index (χ0v) is 12.9. The van der Waals surface area contributed by atoms with Crippen molar-refractivity contribution in [2.24, 2.45) is 5.92 Å². The van der Waals surface area contributed by atoms with E-state index < -0.39 is 23.8 Å². The normalized spacial score (nSPS) is 23.2. The molecule has 0 aromatic heterocycles. The van der Waals surface area contributed by atoms with E-state index in [0.717, 1.165) is 6.07 Å². The Balaban J connectivity index is 2.32. The fraction of sp³-hybridized carbons (Fsp3) is 0.500. The van der Waals surface area contributed by atoms with Crippen molar-refractivity contribution in [1.29, 1.82) is 0 Å². The summed E-state index contributed by atoms with van der Waals surface area (Å²) in [5.74, 6) is -0.791. The summed E-state index contributed by atoms with van der Waals surface area (Å²) in [6, 6.07) is 3.52. The molecular weight excluding hydrogens is 351 g/mol. The van der Waals surface area contributed by atoms with Crippen LogP contribution in [0.5, 0.6) is 0 Å². The molecule has 1 amide bonds. The van der Waals surface area contributed by atoms with Gasteiger partial charge in [-0.15, -0.1) is 0 Å². The van der Waals surface area contributed by atoms with Crippen LogP contribution in [0.4, 0.5) is 13.2 Å². The van der Waals surface area contributed by atoms with E-state index in [-0.39, 0.29) is 29.0 Å². The molecule has 1 aliphatic rings. The molecule has 1 N–H and O–H groups in total. The Morgan fingerprint density at radius 3 is 2.67 bits per heavy atom. The number of hydrogen-bond acceptors (Lipinski definition) is 2. The number of nitrogens with zero attached hydrogens (tertiary/aromatic N) is 1. The van der Waals surface area contributed by atoms with E-state index in [0.29, 0.717) is 6.42 Å². The van der Waals surface area contributed by atoms with Crippen LogP contribution < -0.4 is 0 Å². The Labute approximate surface area is 128 Å². The van der Waals surface area contributed by atoms with Crippen molar-refractivity contribution in [2.45, 2.75) is 25.6 Å². The van der Waals surface area contributed by atoms with Crippen LogP contribution in [0, 0.1) is 5.92 Å². The highest BCUT2D eigenvalue weighted by molar-refractivity contribution is 9.10. The first-order chi connectivity index (χ1) is 9.70. The van der Waals surface area contributed by atoms with Gasteiger partial charge in [0.1, 0.15) is 0 Å². The molecule has 1 aromatic rings. The van der Waals surface area contributed by atoms with Gasteiger partial charge in [0, 0.05) is 17.6 Å². The quantitative estimate of drug-likeness (QED) is 0.829. The minimum atomic E-state index is -4.59. The van der Waals surface area contributed by atoms with E-state index in [1.54, 1.807) is 6.92 Å². The summed E-state index contributed by atoms with van der Waals surface area (Å²) in [4.78, 5) is 13.7. The van der Waals surface area contributed by atoms with Crippen LogP contribution in [-0.4, -0.2) is 35.1 Å². The van der Waals surface area contributed by atoms with Crippen LogP contribution in [0.2, 0.25) is 0 Å². The van der Waals surface area contributed by atoms with E-state index in [1.165, 1.54) is 17.0 Å². The topological polar surface area (TPSA) is 40.5 Å². The van der Waals surface area contributed by atoms with Gasteiger partial charge >= 0.3 is 6.18 Å². The second kappa shape index (κ2) is 5.96. The Kier molecular flexibility index (Phi) is 4.63. The van der Waals surface area contributed by atoms with Crippen molar-refractivity contribution in [2.75, 3.05) is 13.1 Å². The third kappa shape index (κ3) is 3.58. The average Bonchev–Trinajstić information content (AvgIpc) is 2.40. The molecule has 0 spiro atoms. The summed E-state index contributed by atoms with van der Waals surface area (Å²) >= 11 is 2.99. The van der Waals surface area contributed by atoms with Gasteiger partial charge in [0.2, 0.25) is 0 Å². The third-order valence-corrected chi connectivity index (χ3v) is 4.16. The average molecular weight is 366 g/mol. The number of amides is 1. The van der Waals surface area contributed by atoms with Crippen LogP contribution in [0.1, 0.15) is 29.3 Å². The predicted molar refractivity (Wildman–Crippen MR) is 74.8 cm³/mol. The molecule has 7 heteroatoms. The van der Waals surface area contributed by atoms with Gasteiger partial charge in [-0.25, -0.2) is 0 Å². The number of aliphatic hydroxyl groups excluding tert-OH is 1. The van der Waals surface area contributed by atoms with E-state index in [1.807, 2.05) is 0 Å². The first-order valence-electron chi connectivity index (χ1n) is 6.54. The molecule has 0 bridgehead atoms. The number of alkyl halides is 3. The summed E-state index contributed by atoms with van der Waals surface area (Å²) in [5, 5.41) is 9.64. The molecule has 1 aromatic carbocycles. The Morgan fingerprint density at radius 1 is 1.43 bits per heavy atom.